The second kappa shape index (κ2) is 1.70. The van der Waals surface area contributed by atoms with Crippen molar-refractivity contribution in [2.24, 2.45) is 0 Å². The van der Waals surface area contributed by atoms with E-state index < -0.39 is 0 Å². The molecule has 0 fully saturated rings. The van der Waals surface area contributed by atoms with E-state index in [2.05, 4.69) is 9.97 Å². The van der Waals surface area contributed by atoms with Crippen LogP contribution in [0.25, 0.3) is 11.5 Å². The van der Waals surface area contributed by atoms with Crippen LogP contribution in [-0.4, -0.2) is 14.6 Å². The molecule has 2 heterocycles. The number of hydrogen-bond acceptors (Lipinski definition) is 3. The van der Waals surface area contributed by atoms with Crippen molar-refractivity contribution >= 4 is 0 Å². The van der Waals surface area contributed by atoms with Crippen molar-refractivity contribution in [1.29, 1.82) is 0 Å². The Labute approximate surface area is 57.6 Å². The highest BCUT2D eigenvalue weighted by molar-refractivity contribution is 5.50. The van der Waals surface area contributed by atoms with Crippen LogP contribution in [0.1, 0.15) is 0 Å². The summed E-state index contributed by atoms with van der Waals surface area (Å²) in [6, 6.07) is 3.70. The summed E-state index contributed by atoms with van der Waals surface area (Å²) in [7, 11) is 0. The van der Waals surface area contributed by atoms with Gasteiger partial charge in [0.15, 0.2) is 5.82 Å². The van der Waals surface area contributed by atoms with Gasteiger partial charge in [0, 0.05) is 6.20 Å². The van der Waals surface area contributed by atoms with E-state index in [4.69, 9.17) is 5.84 Å². The Morgan fingerprint density at radius 1 is 1.40 bits per heavy atom. The Kier molecular flexibility index (Phi) is 0.887. The predicted molar refractivity (Wildman–Crippen MR) is 36.8 cm³/mol. The van der Waals surface area contributed by atoms with E-state index in [0.29, 0.717) is 5.82 Å². The molecule has 2 rings (SSSR count). The maximum absolute atomic E-state index is 5.51. The molecule has 0 aromatic carbocycles. The molecule has 2 N–H and O–H groups in total. The summed E-state index contributed by atoms with van der Waals surface area (Å²) in [6.45, 7) is 0. The highest BCUT2D eigenvalue weighted by Gasteiger charge is 2.04. The van der Waals surface area contributed by atoms with Crippen LogP contribution >= 0.6 is 0 Å². The minimum atomic E-state index is 0.711. The molecule has 0 aromatic rings. The van der Waals surface area contributed by atoms with E-state index in [1.54, 1.807) is 6.20 Å². The van der Waals surface area contributed by atoms with Gasteiger partial charge in [0.25, 0.3) is 0 Å². The number of aromatic nitrogens is 3. The van der Waals surface area contributed by atoms with E-state index in [0.717, 1.165) is 5.69 Å². The smallest absolute Gasteiger partial charge is 0.178 e. The third-order valence-corrected chi connectivity index (χ3v) is 1.35. The largest absolute Gasteiger partial charge is 0.338 e. The molecule has 0 atom stereocenters. The van der Waals surface area contributed by atoms with Crippen LogP contribution in [0.2, 0.25) is 0 Å². The van der Waals surface area contributed by atoms with Crippen molar-refractivity contribution in [3.63, 3.8) is 0 Å². The molecule has 2 aliphatic heterocycles. The fourth-order valence-electron chi connectivity index (χ4n) is 0.884. The maximum Gasteiger partial charge on any atom is 0.178 e. The van der Waals surface area contributed by atoms with Gasteiger partial charge in [-0.05, 0) is 12.1 Å². The summed E-state index contributed by atoms with van der Waals surface area (Å²) in [6.07, 6.45) is 3.23. The van der Waals surface area contributed by atoms with E-state index in [-0.39, 0.29) is 0 Å². The molecule has 0 aliphatic carbocycles. The van der Waals surface area contributed by atoms with Gasteiger partial charge < -0.3 is 5.84 Å². The van der Waals surface area contributed by atoms with Gasteiger partial charge in [-0.3, -0.25) is 4.68 Å². The van der Waals surface area contributed by atoms with Crippen LogP contribution in [0.5, 0.6) is 0 Å². The summed E-state index contributed by atoms with van der Waals surface area (Å²) >= 11 is 0. The van der Waals surface area contributed by atoms with Crippen molar-refractivity contribution in [3.05, 3.63) is 24.7 Å². The Balaban J connectivity index is 2.80. The molecule has 2 aliphatic rings. The zero-order valence-electron chi connectivity index (χ0n) is 5.23. The Bertz CT molecular complexity index is 314. The van der Waals surface area contributed by atoms with Crippen LogP contribution in [0, 0.1) is 0 Å². The fourth-order valence-corrected chi connectivity index (χ4v) is 0.884. The quantitative estimate of drug-likeness (QED) is 0.520. The highest BCUT2D eigenvalue weighted by Crippen LogP contribution is 2.12. The van der Waals surface area contributed by atoms with Gasteiger partial charge in [-0.2, -0.15) is 0 Å². The fraction of sp³-hybridized carbons (Fsp3) is 0. The van der Waals surface area contributed by atoms with Gasteiger partial charge in [-0.25, -0.2) is 9.97 Å². The van der Waals surface area contributed by atoms with E-state index in [1.807, 2.05) is 12.1 Å². The number of hydrogen-bond donors (Lipinski definition) is 1. The van der Waals surface area contributed by atoms with Gasteiger partial charge in [0.1, 0.15) is 12.0 Å². The van der Waals surface area contributed by atoms with Crippen molar-refractivity contribution in [2.75, 3.05) is 5.84 Å². The number of rotatable bonds is 0. The Morgan fingerprint density at radius 2 is 2.30 bits per heavy atom. The van der Waals surface area contributed by atoms with Crippen molar-refractivity contribution < 1.29 is 0 Å². The summed E-state index contributed by atoms with van der Waals surface area (Å²) in [5.41, 5.74) is 0.824. The Morgan fingerprint density at radius 3 is 3.10 bits per heavy atom. The maximum atomic E-state index is 5.51. The first-order chi connectivity index (χ1) is 4.88. The lowest BCUT2D eigenvalue weighted by Crippen LogP contribution is -2.11. The van der Waals surface area contributed by atoms with E-state index >= 15 is 0 Å². The molecule has 0 saturated heterocycles. The second-order valence-corrected chi connectivity index (χ2v) is 2.00. The van der Waals surface area contributed by atoms with Crippen LogP contribution in [-0.2, 0) is 0 Å². The molecule has 0 radical (unpaired) electrons. The van der Waals surface area contributed by atoms with Crippen LogP contribution in [0.15, 0.2) is 24.7 Å². The van der Waals surface area contributed by atoms with Gasteiger partial charge >= 0.3 is 0 Å². The van der Waals surface area contributed by atoms with Crippen LogP contribution in [0.4, 0.5) is 0 Å². The van der Waals surface area contributed by atoms with Gasteiger partial charge in [-0.15, -0.1) is 0 Å². The monoisotopic (exact) mass is 134 g/mol. The van der Waals surface area contributed by atoms with Crippen molar-refractivity contribution in [2.45, 2.75) is 0 Å². The number of nitrogen functional groups attached to an aromatic ring is 1. The third-order valence-electron chi connectivity index (χ3n) is 1.35. The van der Waals surface area contributed by atoms with Crippen LogP contribution < -0.4 is 5.84 Å². The molecular weight excluding hydrogens is 128 g/mol. The minimum Gasteiger partial charge on any atom is -0.338 e. The lowest BCUT2D eigenvalue weighted by Gasteiger charge is -2.00. The topological polar surface area (TPSA) is 56.7 Å². The molecular formula is C6H6N4. The van der Waals surface area contributed by atoms with Crippen LogP contribution in [0.3, 0.4) is 0 Å². The zero-order chi connectivity index (χ0) is 6.97. The highest BCUT2D eigenvalue weighted by atomic mass is 15.3. The van der Waals surface area contributed by atoms with Gasteiger partial charge in [0.2, 0.25) is 0 Å². The first kappa shape index (κ1) is 5.22. The molecule has 0 aromatic heterocycles. The predicted octanol–water partition coefficient (Wildman–Crippen LogP) is 0.0967. The number of imidazole rings is 1. The van der Waals surface area contributed by atoms with Gasteiger partial charge in [0.05, 0.1) is 0 Å². The lowest BCUT2D eigenvalue weighted by atomic mass is 10.3. The lowest BCUT2D eigenvalue weighted by molar-refractivity contribution is 0.966. The average molecular weight is 134 g/mol. The van der Waals surface area contributed by atoms with Crippen molar-refractivity contribution in [1.82, 2.24) is 14.6 Å². The number of nitrogens with zero attached hydrogens (tertiary/aromatic N) is 3. The zero-order valence-corrected chi connectivity index (χ0v) is 5.23. The molecule has 4 nitrogen and oxygen atoms in total. The number of pyridine rings is 1. The third kappa shape index (κ3) is 0.556. The molecule has 0 amide bonds. The van der Waals surface area contributed by atoms with Crippen molar-refractivity contribution in [3.8, 4) is 11.5 Å². The summed E-state index contributed by atoms with van der Waals surface area (Å²) in [5, 5.41) is 0. The first-order valence-electron chi connectivity index (χ1n) is 2.91. The Hall–Kier alpha value is -1.58. The molecule has 0 bridgehead atoms. The standard InChI is InChI=1S/C6H6N4/c7-10-3-1-2-5-6(10)9-4-8-5/h1-4H,7H2. The summed E-state index contributed by atoms with van der Waals surface area (Å²) in [4.78, 5) is 7.91. The van der Waals surface area contributed by atoms with Gasteiger partial charge in [-0.1, -0.05) is 0 Å². The van der Waals surface area contributed by atoms with E-state index in [9.17, 15) is 0 Å². The molecule has 10 heavy (non-hydrogen) atoms. The number of fused-ring (bicyclic) bond motifs is 1. The molecule has 4 heteroatoms. The minimum absolute atomic E-state index is 0.711. The molecule has 50 valence electrons. The molecule has 0 spiro atoms. The molecule has 0 unspecified atom stereocenters. The SMILES string of the molecule is Nn1cccc2ncnc1-2. The summed E-state index contributed by atoms with van der Waals surface area (Å²) < 4.78 is 1.45. The normalized spacial score (nSPS) is 10.4. The number of nitrogens with two attached hydrogens (primary N) is 1. The van der Waals surface area contributed by atoms with E-state index in [1.165, 1.54) is 11.0 Å². The molecule has 0 saturated carbocycles. The second-order valence-electron chi connectivity index (χ2n) is 2.00. The summed E-state index contributed by atoms with van der Waals surface area (Å²) in [5.74, 6) is 6.23. The first-order valence-corrected chi connectivity index (χ1v) is 2.91. The average Bonchev–Trinajstić information content (AvgIpc) is 2.36.